The number of aliphatic hydroxyl groups is 1. The Kier molecular flexibility index (Phi) is 1.71. The van der Waals surface area contributed by atoms with Gasteiger partial charge in [0.05, 0.1) is 23.5 Å². The van der Waals surface area contributed by atoms with Crippen LogP contribution in [-0.2, 0) is 6.61 Å². The number of halogens is 1. The van der Waals surface area contributed by atoms with E-state index in [2.05, 4.69) is 9.97 Å². The molecule has 0 bridgehead atoms. The summed E-state index contributed by atoms with van der Waals surface area (Å²) in [4.78, 5) is 7.97. The fraction of sp³-hybridized carbons (Fsp3) is 0.143. The molecular formula is C7H6ClN3O. The topological polar surface area (TPSA) is 50.4 Å². The summed E-state index contributed by atoms with van der Waals surface area (Å²) < 4.78 is 1.67. The molecule has 2 aromatic heterocycles. The van der Waals surface area contributed by atoms with Gasteiger partial charge in [-0.3, -0.25) is 4.40 Å². The van der Waals surface area contributed by atoms with Crippen molar-refractivity contribution in [1.29, 1.82) is 0 Å². The number of aromatic nitrogens is 3. The van der Waals surface area contributed by atoms with Gasteiger partial charge < -0.3 is 5.11 Å². The van der Waals surface area contributed by atoms with Crippen LogP contribution >= 0.6 is 11.6 Å². The second-order valence-electron chi connectivity index (χ2n) is 2.37. The number of hydrogen-bond donors (Lipinski definition) is 1. The van der Waals surface area contributed by atoms with Gasteiger partial charge in [-0.1, -0.05) is 11.6 Å². The van der Waals surface area contributed by atoms with Crippen LogP contribution in [-0.4, -0.2) is 19.5 Å². The van der Waals surface area contributed by atoms with E-state index in [0.29, 0.717) is 16.5 Å². The predicted octanol–water partition coefficient (Wildman–Crippen LogP) is 0.875. The standard InChI is InChI=1S/C7H6ClN3O/c8-5-1-9-7-10-6(4-12)3-11(7)2-5/h1-3,12H,4H2. The van der Waals surface area contributed by atoms with Gasteiger partial charge in [-0.15, -0.1) is 0 Å². The molecular weight excluding hydrogens is 178 g/mol. The molecule has 4 nitrogen and oxygen atoms in total. The maximum absolute atomic E-state index is 8.77. The van der Waals surface area contributed by atoms with E-state index in [1.165, 1.54) is 6.20 Å². The van der Waals surface area contributed by atoms with E-state index in [1.54, 1.807) is 16.8 Å². The number of hydrogen-bond acceptors (Lipinski definition) is 3. The minimum Gasteiger partial charge on any atom is -0.390 e. The summed E-state index contributed by atoms with van der Waals surface area (Å²) in [6.07, 6.45) is 4.90. The van der Waals surface area contributed by atoms with Gasteiger partial charge in [0.25, 0.3) is 0 Å². The van der Waals surface area contributed by atoms with Crippen LogP contribution < -0.4 is 0 Å². The SMILES string of the molecule is OCc1cn2cc(Cl)cnc2n1. The lowest BCUT2D eigenvalue weighted by Crippen LogP contribution is -1.85. The van der Waals surface area contributed by atoms with Gasteiger partial charge >= 0.3 is 0 Å². The van der Waals surface area contributed by atoms with Crippen LogP contribution in [0.15, 0.2) is 18.6 Å². The fourth-order valence-corrected chi connectivity index (χ4v) is 1.14. The molecule has 0 aliphatic heterocycles. The van der Waals surface area contributed by atoms with E-state index in [1.807, 2.05) is 0 Å². The molecule has 0 atom stereocenters. The predicted molar refractivity (Wildman–Crippen MR) is 43.9 cm³/mol. The summed E-state index contributed by atoms with van der Waals surface area (Å²) in [7, 11) is 0. The maximum atomic E-state index is 8.77. The van der Waals surface area contributed by atoms with E-state index in [-0.39, 0.29) is 6.61 Å². The van der Waals surface area contributed by atoms with Crippen LogP contribution in [0, 0.1) is 0 Å². The maximum Gasteiger partial charge on any atom is 0.234 e. The molecule has 0 aliphatic rings. The molecule has 0 unspecified atom stereocenters. The molecule has 0 amide bonds. The summed E-state index contributed by atoms with van der Waals surface area (Å²) in [6, 6.07) is 0. The van der Waals surface area contributed by atoms with Crippen molar-refractivity contribution < 1.29 is 5.11 Å². The highest BCUT2D eigenvalue weighted by molar-refractivity contribution is 6.30. The van der Waals surface area contributed by atoms with Crippen LogP contribution in [0.1, 0.15) is 5.69 Å². The highest BCUT2D eigenvalue weighted by atomic mass is 35.5. The highest BCUT2D eigenvalue weighted by Gasteiger charge is 2.00. The number of fused-ring (bicyclic) bond motifs is 1. The van der Waals surface area contributed by atoms with Gasteiger partial charge in [0, 0.05) is 12.4 Å². The average molecular weight is 184 g/mol. The van der Waals surface area contributed by atoms with E-state index >= 15 is 0 Å². The molecule has 12 heavy (non-hydrogen) atoms. The van der Waals surface area contributed by atoms with Crippen molar-refractivity contribution in [2.45, 2.75) is 6.61 Å². The Labute approximate surface area is 73.5 Å². The quantitative estimate of drug-likeness (QED) is 0.714. The molecule has 0 saturated heterocycles. The van der Waals surface area contributed by atoms with Gasteiger partial charge in [0.2, 0.25) is 5.78 Å². The minimum absolute atomic E-state index is 0.0824. The Bertz CT molecular complexity index is 412. The van der Waals surface area contributed by atoms with Gasteiger partial charge in [0.1, 0.15) is 0 Å². The summed E-state index contributed by atoms with van der Waals surface area (Å²) in [5.41, 5.74) is 0.588. The lowest BCUT2D eigenvalue weighted by molar-refractivity contribution is 0.277. The fourth-order valence-electron chi connectivity index (χ4n) is 0.986. The van der Waals surface area contributed by atoms with Crippen LogP contribution in [0.4, 0.5) is 0 Å². The van der Waals surface area contributed by atoms with Crippen molar-refractivity contribution in [3.05, 3.63) is 29.3 Å². The largest absolute Gasteiger partial charge is 0.390 e. The molecule has 1 N–H and O–H groups in total. The molecule has 0 aromatic carbocycles. The molecule has 2 heterocycles. The summed E-state index contributed by atoms with van der Waals surface area (Å²) >= 11 is 5.70. The summed E-state index contributed by atoms with van der Waals surface area (Å²) in [5.74, 6) is 0.545. The molecule has 5 heteroatoms. The van der Waals surface area contributed by atoms with Gasteiger partial charge in [-0.2, -0.15) is 0 Å². The van der Waals surface area contributed by atoms with Crippen LogP contribution in [0.25, 0.3) is 5.78 Å². The molecule has 0 spiro atoms. The number of nitrogens with zero attached hydrogens (tertiary/aromatic N) is 3. The summed E-state index contributed by atoms with van der Waals surface area (Å²) in [5, 5.41) is 9.32. The molecule has 62 valence electrons. The van der Waals surface area contributed by atoms with E-state index in [0.717, 1.165) is 0 Å². The van der Waals surface area contributed by atoms with E-state index < -0.39 is 0 Å². The molecule has 2 aromatic rings. The normalized spacial score (nSPS) is 10.8. The van der Waals surface area contributed by atoms with Crippen molar-refractivity contribution in [3.63, 3.8) is 0 Å². The molecule has 2 rings (SSSR count). The third kappa shape index (κ3) is 1.15. The Hall–Kier alpha value is -1.13. The van der Waals surface area contributed by atoms with Gasteiger partial charge in [-0.05, 0) is 0 Å². The first-order valence-electron chi connectivity index (χ1n) is 3.39. The molecule has 0 radical (unpaired) electrons. The van der Waals surface area contributed by atoms with E-state index in [4.69, 9.17) is 16.7 Å². The summed E-state index contributed by atoms with van der Waals surface area (Å²) in [6.45, 7) is -0.0824. The zero-order valence-electron chi connectivity index (χ0n) is 6.11. The van der Waals surface area contributed by atoms with Crippen LogP contribution in [0.2, 0.25) is 5.02 Å². The monoisotopic (exact) mass is 183 g/mol. The number of aliphatic hydroxyl groups excluding tert-OH is 1. The highest BCUT2D eigenvalue weighted by Crippen LogP contribution is 2.08. The first-order chi connectivity index (χ1) is 5.79. The van der Waals surface area contributed by atoms with Gasteiger partial charge in [0.15, 0.2) is 0 Å². The zero-order valence-corrected chi connectivity index (χ0v) is 6.86. The van der Waals surface area contributed by atoms with Crippen LogP contribution in [0.5, 0.6) is 0 Å². The Morgan fingerprint density at radius 2 is 2.33 bits per heavy atom. The van der Waals surface area contributed by atoms with Crippen molar-refractivity contribution in [2.24, 2.45) is 0 Å². The number of rotatable bonds is 1. The van der Waals surface area contributed by atoms with Crippen molar-refractivity contribution in [3.8, 4) is 0 Å². The molecule has 0 fully saturated rings. The molecule has 0 aliphatic carbocycles. The Morgan fingerprint density at radius 3 is 3.08 bits per heavy atom. The third-order valence-corrected chi connectivity index (χ3v) is 1.69. The third-order valence-electron chi connectivity index (χ3n) is 1.49. The first-order valence-corrected chi connectivity index (χ1v) is 3.77. The number of imidazole rings is 1. The molecule has 0 saturated carbocycles. The zero-order chi connectivity index (χ0) is 8.55. The average Bonchev–Trinajstić information content (AvgIpc) is 2.46. The van der Waals surface area contributed by atoms with Crippen molar-refractivity contribution in [2.75, 3.05) is 0 Å². The Balaban J connectivity index is 2.67. The Morgan fingerprint density at radius 1 is 1.50 bits per heavy atom. The second kappa shape index (κ2) is 2.73. The van der Waals surface area contributed by atoms with E-state index in [9.17, 15) is 0 Å². The van der Waals surface area contributed by atoms with Crippen molar-refractivity contribution in [1.82, 2.24) is 14.4 Å². The second-order valence-corrected chi connectivity index (χ2v) is 2.81. The minimum atomic E-state index is -0.0824. The van der Waals surface area contributed by atoms with Crippen molar-refractivity contribution >= 4 is 17.4 Å². The smallest absolute Gasteiger partial charge is 0.234 e. The first kappa shape index (κ1) is 7.52. The lowest BCUT2D eigenvalue weighted by atomic mass is 10.5. The van der Waals surface area contributed by atoms with Gasteiger partial charge in [-0.25, -0.2) is 9.97 Å². The lowest BCUT2D eigenvalue weighted by Gasteiger charge is -1.90. The van der Waals surface area contributed by atoms with Crippen LogP contribution in [0.3, 0.4) is 0 Å².